The lowest BCUT2D eigenvalue weighted by Gasteiger charge is -2.10. The Morgan fingerprint density at radius 2 is 2.26 bits per heavy atom. The largest absolute Gasteiger partial charge is 0.463 e. The van der Waals surface area contributed by atoms with Gasteiger partial charge in [0.2, 0.25) is 0 Å². The Labute approximate surface area is 118 Å². The van der Waals surface area contributed by atoms with E-state index in [1.807, 2.05) is 25.1 Å². The molecule has 0 aliphatic rings. The highest BCUT2D eigenvalue weighted by atomic mass is 79.9. The van der Waals surface area contributed by atoms with Gasteiger partial charge in [-0.3, -0.25) is 0 Å². The summed E-state index contributed by atoms with van der Waals surface area (Å²) in [4.78, 5) is 15.2. The van der Waals surface area contributed by atoms with E-state index in [0.717, 1.165) is 15.7 Å². The van der Waals surface area contributed by atoms with Crippen LogP contribution in [0.3, 0.4) is 0 Å². The van der Waals surface area contributed by atoms with E-state index in [2.05, 4.69) is 30.7 Å². The third-order valence-electron chi connectivity index (χ3n) is 2.60. The Morgan fingerprint density at radius 3 is 2.84 bits per heavy atom. The van der Waals surface area contributed by atoms with Crippen LogP contribution in [0.15, 0.2) is 29.0 Å². The molecule has 0 amide bonds. The molecule has 0 spiro atoms. The van der Waals surface area contributed by atoms with Crippen LogP contribution < -0.4 is 5.73 Å². The Kier molecular flexibility index (Phi) is 3.96. The summed E-state index contributed by atoms with van der Waals surface area (Å²) >= 11 is 3.46. The average molecular weight is 325 g/mol. The van der Waals surface area contributed by atoms with Gasteiger partial charge in [-0.1, -0.05) is 22.0 Å². The minimum atomic E-state index is -0.565. The van der Waals surface area contributed by atoms with Gasteiger partial charge in [-0.15, -0.1) is 5.10 Å². The van der Waals surface area contributed by atoms with Crippen molar-refractivity contribution in [3.05, 3.63) is 40.4 Å². The van der Waals surface area contributed by atoms with Gasteiger partial charge in [0.1, 0.15) is 6.33 Å². The second-order valence-electron chi connectivity index (χ2n) is 4.00. The SMILES string of the molecule is COC(=O)c1ncn(-c2ccc([C@H](C)N)c(Br)c2)n1. The summed E-state index contributed by atoms with van der Waals surface area (Å²) in [5, 5.41) is 4.05. The molecule has 0 bridgehead atoms. The molecule has 1 heterocycles. The number of halogens is 1. The number of carbonyl (C=O) groups excluding carboxylic acids is 1. The Bertz CT molecular complexity index is 610. The van der Waals surface area contributed by atoms with Crippen LogP contribution in [0.1, 0.15) is 29.1 Å². The molecule has 1 atom stereocenters. The summed E-state index contributed by atoms with van der Waals surface area (Å²) in [5.41, 5.74) is 7.61. The van der Waals surface area contributed by atoms with Crippen LogP contribution in [0.2, 0.25) is 0 Å². The van der Waals surface area contributed by atoms with E-state index >= 15 is 0 Å². The lowest BCUT2D eigenvalue weighted by Crippen LogP contribution is -2.07. The zero-order chi connectivity index (χ0) is 14.0. The molecule has 1 aromatic heterocycles. The maximum absolute atomic E-state index is 11.3. The Morgan fingerprint density at radius 1 is 1.53 bits per heavy atom. The summed E-state index contributed by atoms with van der Waals surface area (Å²) in [7, 11) is 1.29. The quantitative estimate of drug-likeness (QED) is 0.871. The van der Waals surface area contributed by atoms with Crippen molar-refractivity contribution in [3.8, 4) is 5.69 Å². The number of ether oxygens (including phenoxy) is 1. The number of rotatable bonds is 3. The fourth-order valence-electron chi connectivity index (χ4n) is 1.60. The average Bonchev–Trinajstić information content (AvgIpc) is 2.86. The molecule has 19 heavy (non-hydrogen) atoms. The van der Waals surface area contributed by atoms with Crippen LogP contribution in [-0.4, -0.2) is 27.8 Å². The van der Waals surface area contributed by atoms with Crippen LogP contribution in [0.25, 0.3) is 5.69 Å². The van der Waals surface area contributed by atoms with Crippen LogP contribution in [0, 0.1) is 0 Å². The fourth-order valence-corrected chi connectivity index (χ4v) is 2.33. The number of hydrogen-bond acceptors (Lipinski definition) is 5. The van der Waals surface area contributed by atoms with Crippen LogP contribution in [0.4, 0.5) is 0 Å². The van der Waals surface area contributed by atoms with Crippen molar-refractivity contribution in [2.75, 3.05) is 7.11 Å². The van der Waals surface area contributed by atoms with E-state index in [1.54, 1.807) is 0 Å². The van der Waals surface area contributed by atoms with E-state index in [0.29, 0.717) is 0 Å². The van der Waals surface area contributed by atoms with Gasteiger partial charge in [-0.25, -0.2) is 14.5 Å². The highest BCUT2D eigenvalue weighted by Crippen LogP contribution is 2.24. The van der Waals surface area contributed by atoms with Crippen molar-refractivity contribution >= 4 is 21.9 Å². The highest BCUT2D eigenvalue weighted by molar-refractivity contribution is 9.10. The van der Waals surface area contributed by atoms with Crippen molar-refractivity contribution < 1.29 is 9.53 Å². The number of carbonyl (C=O) groups is 1. The molecule has 1 aromatic carbocycles. The first-order chi connectivity index (χ1) is 9.02. The van der Waals surface area contributed by atoms with Gasteiger partial charge in [-0.05, 0) is 24.6 Å². The zero-order valence-electron chi connectivity index (χ0n) is 10.5. The second kappa shape index (κ2) is 5.50. The lowest BCUT2D eigenvalue weighted by atomic mass is 10.1. The smallest absolute Gasteiger partial charge is 0.377 e. The molecule has 7 heteroatoms. The summed E-state index contributed by atoms with van der Waals surface area (Å²) in [6, 6.07) is 5.57. The molecule has 0 radical (unpaired) electrons. The number of nitrogens with zero attached hydrogens (tertiary/aromatic N) is 3. The predicted octanol–water partition coefficient (Wildman–Crippen LogP) is 1.84. The molecule has 2 rings (SSSR count). The molecule has 2 aromatic rings. The predicted molar refractivity (Wildman–Crippen MR) is 73.0 cm³/mol. The first-order valence-corrected chi connectivity index (χ1v) is 6.37. The Balaban J connectivity index is 2.35. The normalized spacial score (nSPS) is 12.2. The topological polar surface area (TPSA) is 83.0 Å². The lowest BCUT2D eigenvalue weighted by molar-refractivity contribution is 0.0587. The molecule has 6 nitrogen and oxygen atoms in total. The third kappa shape index (κ3) is 2.82. The molecule has 0 saturated heterocycles. The highest BCUT2D eigenvalue weighted by Gasteiger charge is 2.13. The van der Waals surface area contributed by atoms with Crippen molar-refractivity contribution in [1.82, 2.24) is 14.8 Å². The monoisotopic (exact) mass is 324 g/mol. The fraction of sp³-hybridized carbons (Fsp3) is 0.250. The zero-order valence-corrected chi connectivity index (χ0v) is 12.1. The minimum Gasteiger partial charge on any atom is -0.463 e. The molecule has 0 saturated carbocycles. The van der Waals surface area contributed by atoms with Crippen LogP contribution >= 0.6 is 15.9 Å². The van der Waals surface area contributed by atoms with Crippen molar-refractivity contribution in [3.63, 3.8) is 0 Å². The molecule has 100 valence electrons. The van der Waals surface area contributed by atoms with Gasteiger partial charge in [0, 0.05) is 10.5 Å². The molecule has 2 N–H and O–H groups in total. The number of methoxy groups -OCH3 is 1. The standard InChI is InChI=1S/C12H13BrN4O2/c1-7(14)9-4-3-8(5-10(9)13)17-6-15-11(16-17)12(18)19-2/h3-7H,14H2,1-2H3/t7-/m0/s1. The molecular formula is C12H13BrN4O2. The van der Waals surface area contributed by atoms with Crippen LogP contribution in [0.5, 0.6) is 0 Å². The first-order valence-electron chi connectivity index (χ1n) is 5.58. The number of esters is 1. The number of aromatic nitrogens is 3. The van der Waals surface area contributed by atoms with Gasteiger partial charge in [0.05, 0.1) is 12.8 Å². The number of benzene rings is 1. The van der Waals surface area contributed by atoms with E-state index in [4.69, 9.17) is 5.73 Å². The first kappa shape index (κ1) is 13.7. The van der Waals surface area contributed by atoms with E-state index in [1.165, 1.54) is 18.1 Å². The summed E-state index contributed by atoms with van der Waals surface area (Å²) in [5.74, 6) is -0.542. The molecule has 0 unspecified atom stereocenters. The van der Waals surface area contributed by atoms with E-state index in [9.17, 15) is 4.79 Å². The molecule has 0 aliphatic heterocycles. The number of hydrogen-bond donors (Lipinski definition) is 1. The summed E-state index contributed by atoms with van der Waals surface area (Å²) in [6.45, 7) is 1.91. The van der Waals surface area contributed by atoms with E-state index < -0.39 is 5.97 Å². The second-order valence-corrected chi connectivity index (χ2v) is 4.85. The maximum Gasteiger partial charge on any atom is 0.377 e. The van der Waals surface area contributed by atoms with Crippen LogP contribution in [-0.2, 0) is 4.74 Å². The number of nitrogens with two attached hydrogens (primary N) is 1. The van der Waals surface area contributed by atoms with Gasteiger partial charge >= 0.3 is 5.97 Å². The summed E-state index contributed by atoms with van der Waals surface area (Å²) < 4.78 is 6.94. The van der Waals surface area contributed by atoms with Gasteiger partial charge < -0.3 is 10.5 Å². The van der Waals surface area contributed by atoms with E-state index in [-0.39, 0.29) is 11.9 Å². The summed E-state index contributed by atoms with van der Waals surface area (Å²) in [6.07, 6.45) is 1.46. The molecular weight excluding hydrogens is 312 g/mol. The maximum atomic E-state index is 11.3. The molecule has 0 aliphatic carbocycles. The Hall–Kier alpha value is -1.73. The van der Waals surface area contributed by atoms with Crippen molar-refractivity contribution in [2.45, 2.75) is 13.0 Å². The van der Waals surface area contributed by atoms with Crippen molar-refractivity contribution in [2.24, 2.45) is 5.73 Å². The molecule has 0 fully saturated rings. The van der Waals surface area contributed by atoms with Crippen molar-refractivity contribution in [1.29, 1.82) is 0 Å². The van der Waals surface area contributed by atoms with Gasteiger partial charge in [0.25, 0.3) is 5.82 Å². The third-order valence-corrected chi connectivity index (χ3v) is 3.29. The minimum absolute atomic E-state index is 0.0230. The van der Waals surface area contributed by atoms with Gasteiger partial charge in [0.15, 0.2) is 0 Å². The van der Waals surface area contributed by atoms with Gasteiger partial charge in [-0.2, -0.15) is 0 Å².